The summed E-state index contributed by atoms with van der Waals surface area (Å²) in [6, 6.07) is 23.9. The summed E-state index contributed by atoms with van der Waals surface area (Å²) in [5.74, 6) is -0.0979. The molecule has 5 aromatic rings. The molecule has 0 spiro atoms. The highest BCUT2D eigenvalue weighted by Crippen LogP contribution is 2.32. The third-order valence-electron chi connectivity index (χ3n) is 10.9. The molecule has 0 aliphatic carbocycles. The maximum atomic E-state index is 14.7. The van der Waals surface area contributed by atoms with E-state index >= 15 is 0 Å². The van der Waals surface area contributed by atoms with Crippen LogP contribution in [0.1, 0.15) is 27.0 Å². The molecule has 2 atom stereocenters. The van der Waals surface area contributed by atoms with E-state index < -0.39 is 18.2 Å². The van der Waals surface area contributed by atoms with Gasteiger partial charge in [-0.1, -0.05) is 66.7 Å². The summed E-state index contributed by atoms with van der Waals surface area (Å²) < 4.78 is 1.87. The number of aliphatic hydroxyl groups is 1. The van der Waals surface area contributed by atoms with Crippen LogP contribution in [-0.4, -0.2) is 114 Å². The van der Waals surface area contributed by atoms with Crippen molar-refractivity contribution in [1.29, 1.82) is 0 Å². The summed E-state index contributed by atoms with van der Waals surface area (Å²) in [6.45, 7) is 5.43. The van der Waals surface area contributed by atoms with Gasteiger partial charge < -0.3 is 40.1 Å². The van der Waals surface area contributed by atoms with Crippen LogP contribution in [0.25, 0.3) is 10.9 Å². The van der Waals surface area contributed by atoms with Gasteiger partial charge in [0.1, 0.15) is 23.8 Å². The number of phenols is 1. The molecule has 0 saturated carbocycles. The minimum Gasteiger partial charge on any atom is -0.508 e. The molecule has 3 saturated heterocycles. The van der Waals surface area contributed by atoms with Crippen LogP contribution in [0.15, 0.2) is 110 Å². The molecule has 4 N–H and O–H groups in total. The highest BCUT2D eigenvalue weighted by Gasteiger charge is 2.51. The number of para-hydroxylation sites is 1. The Balaban J connectivity index is 1.09. The fourth-order valence-corrected chi connectivity index (χ4v) is 8.11. The van der Waals surface area contributed by atoms with Crippen LogP contribution in [0.5, 0.6) is 5.75 Å². The molecule has 15 heteroatoms. The van der Waals surface area contributed by atoms with E-state index in [0.717, 1.165) is 28.0 Å². The van der Waals surface area contributed by atoms with Crippen molar-refractivity contribution >= 4 is 46.2 Å². The van der Waals surface area contributed by atoms with Crippen molar-refractivity contribution in [3.05, 3.63) is 132 Å². The number of urea groups is 1. The van der Waals surface area contributed by atoms with E-state index in [4.69, 9.17) is 0 Å². The zero-order valence-corrected chi connectivity index (χ0v) is 32.1. The fourth-order valence-electron chi connectivity index (χ4n) is 8.11. The molecule has 15 nitrogen and oxygen atoms in total. The molecular weight excluding hydrogens is 739 g/mol. The lowest BCUT2D eigenvalue weighted by molar-refractivity contribution is -0.189. The van der Waals surface area contributed by atoms with E-state index in [1.165, 1.54) is 9.91 Å². The molecule has 3 aromatic carbocycles. The van der Waals surface area contributed by atoms with E-state index in [1.54, 1.807) is 64.8 Å². The third kappa shape index (κ3) is 7.56. The number of amides is 5. The molecule has 3 aliphatic heterocycles. The van der Waals surface area contributed by atoms with Crippen molar-refractivity contribution in [3.63, 3.8) is 0 Å². The summed E-state index contributed by atoms with van der Waals surface area (Å²) in [5.41, 5.74) is 4.14. The SMILES string of the molecule is C=CCN1CC(=O)N2[C@@H](Cc3ccc(O)cc3)C(=O)N(Cc3cccc4c(C(=O)Nc5ccc(N6CC(O)C6)nc5)cn(C)c34)C[C@@H]2N1C(=O)NCc1ccccc1. The molecule has 5 amide bonds. The number of piperazine rings is 1. The quantitative estimate of drug-likeness (QED) is 0.147. The van der Waals surface area contributed by atoms with Crippen LogP contribution < -0.4 is 15.5 Å². The maximum Gasteiger partial charge on any atom is 0.334 e. The summed E-state index contributed by atoms with van der Waals surface area (Å²) >= 11 is 0. The second kappa shape index (κ2) is 16.0. The Morgan fingerprint density at radius 3 is 2.43 bits per heavy atom. The second-order valence-electron chi connectivity index (χ2n) is 14.9. The number of aromatic nitrogens is 2. The number of β-amino-alcohol motifs (C(OH)–C–C–N with tert-alkyl or cyclic N) is 1. The number of hydrogen-bond donors (Lipinski definition) is 4. The largest absolute Gasteiger partial charge is 0.508 e. The summed E-state index contributed by atoms with van der Waals surface area (Å²) in [5, 5.41) is 29.5. The van der Waals surface area contributed by atoms with Gasteiger partial charge in [-0.05, 0) is 41.0 Å². The van der Waals surface area contributed by atoms with E-state index in [0.29, 0.717) is 29.7 Å². The first-order valence-corrected chi connectivity index (χ1v) is 19.2. The summed E-state index contributed by atoms with van der Waals surface area (Å²) in [4.78, 5) is 66.2. The van der Waals surface area contributed by atoms with Gasteiger partial charge in [0.2, 0.25) is 11.8 Å². The van der Waals surface area contributed by atoms with Gasteiger partial charge in [-0.2, -0.15) is 0 Å². The Morgan fingerprint density at radius 2 is 1.72 bits per heavy atom. The van der Waals surface area contributed by atoms with Crippen LogP contribution in [0, 0.1) is 0 Å². The molecule has 2 aromatic heterocycles. The molecule has 0 radical (unpaired) electrons. The number of anilines is 2. The Bertz CT molecular complexity index is 2340. The highest BCUT2D eigenvalue weighted by molar-refractivity contribution is 6.13. The van der Waals surface area contributed by atoms with Gasteiger partial charge in [0, 0.05) is 57.8 Å². The van der Waals surface area contributed by atoms with Crippen LogP contribution in [0.3, 0.4) is 0 Å². The Labute approximate surface area is 335 Å². The number of hydrazine groups is 1. The van der Waals surface area contributed by atoms with Crippen LogP contribution in [0.4, 0.5) is 16.3 Å². The van der Waals surface area contributed by atoms with Gasteiger partial charge in [-0.25, -0.2) is 19.8 Å². The van der Waals surface area contributed by atoms with Crippen LogP contribution in [-0.2, 0) is 36.1 Å². The molecular formula is C43H45N9O6. The molecule has 58 heavy (non-hydrogen) atoms. The minimum absolute atomic E-state index is 0.0244. The highest BCUT2D eigenvalue weighted by atomic mass is 16.3. The number of carbonyl (C=O) groups is 4. The number of carbonyl (C=O) groups excluding carboxylic acids is 4. The van der Waals surface area contributed by atoms with Crippen molar-refractivity contribution in [2.75, 3.05) is 42.9 Å². The number of aromatic hydroxyl groups is 1. The second-order valence-corrected chi connectivity index (χ2v) is 14.9. The van der Waals surface area contributed by atoms with Crippen LogP contribution in [0.2, 0.25) is 0 Å². The number of nitrogens with zero attached hydrogens (tertiary/aromatic N) is 7. The average molecular weight is 784 g/mol. The summed E-state index contributed by atoms with van der Waals surface area (Å²) in [7, 11) is 1.85. The molecule has 8 rings (SSSR count). The van der Waals surface area contributed by atoms with Gasteiger partial charge in [-0.15, -0.1) is 6.58 Å². The molecule has 3 fully saturated rings. The lowest BCUT2D eigenvalue weighted by Gasteiger charge is -2.55. The number of rotatable bonds is 11. The van der Waals surface area contributed by atoms with Gasteiger partial charge >= 0.3 is 6.03 Å². The van der Waals surface area contributed by atoms with Crippen molar-refractivity contribution in [2.24, 2.45) is 7.05 Å². The lowest BCUT2D eigenvalue weighted by Crippen LogP contribution is -2.76. The Morgan fingerprint density at radius 1 is 0.948 bits per heavy atom. The zero-order valence-electron chi connectivity index (χ0n) is 32.1. The Hall–Kier alpha value is -6.71. The van der Waals surface area contributed by atoms with Crippen molar-refractivity contribution in [1.82, 2.24) is 34.7 Å². The smallest absolute Gasteiger partial charge is 0.334 e. The fraction of sp³-hybridized carbons (Fsp3) is 0.279. The summed E-state index contributed by atoms with van der Waals surface area (Å²) in [6.07, 6.45) is 3.93. The van der Waals surface area contributed by atoms with E-state index in [2.05, 4.69) is 22.2 Å². The number of benzene rings is 3. The van der Waals surface area contributed by atoms with Gasteiger partial charge in [-0.3, -0.25) is 14.4 Å². The monoisotopic (exact) mass is 783 g/mol. The van der Waals surface area contributed by atoms with Crippen molar-refractivity contribution < 1.29 is 29.4 Å². The first-order valence-electron chi connectivity index (χ1n) is 19.2. The van der Waals surface area contributed by atoms with Crippen molar-refractivity contribution in [3.8, 4) is 5.75 Å². The van der Waals surface area contributed by atoms with E-state index in [-0.39, 0.29) is 68.7 Å². The normalized spacial score (nSPS) is 18.6. The number of fused-ring (bicyclic) bond motifs is 2. The topological polar surface area (TPSA) is 167 Å². The molecule has 5 heterocycles. The minimum atomic E-state index is -0.953. The lowest BCUT2D eigenvalue weighted by atomic mass is 9.98. The molecule has 0 unspecified atom stereocenters. The number of phenolic OH excluding ortho intramolecular Hbond substituents is 1. The zero-order chi connectivity index (χ0) is 40.5. The molecule has 298 valence electrons. The number of aryl methyl sites for hydroxylation is 1. The maximum absolute atomic E-state index is 14.7. The Kier molecular flexibility index (Phi) is 10.6. The first kappa shape index (κ1) is 38.2. The van der Waals surface area contributed by atoms with E-state index in [1.807, 2.05) is 65.0 Å². The van der Waals surface area contributed by atoms with Gasteiger partial charge in [0.25, 0.3) is 5.91 Å². The van der Waals surface area contributed by atoms with Crippen LogP contribution >= 0.6 is 0 Å². The molecule has 3 aliphatic rings. The predicted octanol–water partition coefficient (Wildman–Crippen LogP) is 3.45. The first-order chi connectivity index (χ1) is 28.1. The van der Waals surface area contributed by atoms with E-state index in [9.17, 15) is 29.4 Å². The molecule has 0 bridgehead atoms. The number of pyridine rings is 1. The third-order valence-corrected chi connectivity index (χ3v) is 10.9. The van der Waals surface area contributed by atoms with Crippen molar-refractivity contribution in [2.45, 2.75) is 37.8 Å². The standard InChI is InChI=1S/C43H45N9O6/c1-3-18-50-27-39(55)51-36(19-28-12-15-32(53)16-13-28)42(57)49(26-38(51)52(50)43(58)45-20-29-8-5-4-6-9-29)22-30-10-7-11-34-35(25-47(2)40(30)34)41(56)46-31-14-17-37(44-21-31)48-23-33(54)24-48/h3-17,21,25,33,36,38,53-54H,1,18-20,22-24,26-27H2,2H3,(H,45,58)(H,46,56)/t36-,38-/m0/s1. The van der Waals surface area contributed by atoms with Gasteiger partial charge in [0.05, 0.1) is 42.2 Å². The number of aliphatic hydroxyl groups excluding tert-OH is 1. The number of hydrogen-bond acceptors (Lipinski definition) is 9. The van der Waals surface area contributed by atoms with Gasteiger partial charge in [0.15, 0.2) is 0 Å². The number of nitrogens with one attached hydrogen (secondary N) is 2. The average Bonchev–Trinajstić information content (AvgIpc) is 3.56. The predicted molar refractivity (Wildman–Crippen MR) is 217 cm³/mol.